The van der Waals surface area contributed by atoms with Crippen LogP contribution < -0.4 is 5.32 Å². The number of rotatable bonds is 3. The molecule has 1 aliphatic rings. The SMILES string of the molecule is CCOC(=O)C1=CCNC1c1ccc(C#N)cc1. The molecule has 0 saturated carbocycles. The Hall–Kier alpha value is -2.12. The zero-order chi connectivity index (χ0) is 13.0. The summed E-state index contributed by atoms with van der Waals surface area (Å²) in [4.78, 5) is 11.8. The molecule has 1 atom stereocenters. The molecule has 0 radical (unpaired) electrons. The Morgan fingerprint density at radius 2 is 2.22 bits per heavy atom. The van der Waals surface area contributed by atoms with Crippen LogP contribution in [0.1, 0.15) is 24.1 Å². The Morgan fingerprint density at radius 3 is 2.83 bits per heavy atom. The van der Waals surface area contributed by atoms with E-state index in [4.69, 9.17) is 10.00 Å². The number of carbonyl (C=O) groups excluding carboxylic acids is 1. The average molecular weight is 242 g/mol. The molecule has 0 saturated heterocycles. The van der Waals surface area contributed by atoms with Crippen LogP contribution in [0.4, 0.5) is 0 Å². The van der Waals surface area contributed by atoms with Crippen molar-refractivity contribution in [1.29, 1.82) is 5.26 Å². The summed E-state index contributed by atoms with van der Waals surface area (Å²) in [7, 11) is 0. The number of benzene rings is 1. The lowest BCUT2D eigenvalue weighted by Gasteiger charge is -2.15. The Kier molecular flexibility index (Phi) is 3.75. The second kappa shape index (κ2) is 5.48. The Morgan fingerprint density at radius 1 is 1.50 bits per heavy atom. The van der Waals surface area contributed by atoms with Crippen LogP contribution in [0.2, 0.25) is 0 Å². The first-order valence-corrected chi connectivity index (χ1v) is 5.87. The van der Waals surface area contributed by atoms with Gasteiger partial charge in [0.15, 0.2) is 0 Å². The van der Waals surface area contributed by atoms with Gasteiger partial charge in [-0.2, -0.15) is 5.26 Å². The molecular weight excluding hydrogens is 228 g/mol. The van der Waals surface area contributed by atoms with Crippen molar-refractivity contribution in [2.24, 2.45) is 0 Å². The Bertz CT molecular complexity index is 512. The van der Waals surface area contributed by atoms with Crippen molar-refractivity contribution in [2.75, 3.05) is 13.2 Å². The van der Waals surface area contributed by atoms with Crippen molar-refractivity contribution in [3.63, 3.8) is 0 Å². The molecular formula is C14H14N2O2. The van der Waals surface area contributed by atoms with E-state index in [0.717, 1.165) is 5.56 Å². The Balaban J connectivity index is 2.20. The predicted molar refractivity (Wildman–Crippen MR) is 66.6 cm³/mol. The number of nitrogens with zero attached hydrogens (tertiary/aromatic N) is 1. The summed E-state index contributed by atoms with van der Waals surface area (Å²) < 4.78 is 5.02. The molecule has 4 nitrogen and oxygen atoms in total. The second-order valence-corrected chi connectivity index (χ2v) is 3.96. The van der Waals surface area contributed by atoms with E-state index < -0.39 is 0 Å². The molecule has 0 amide bonds. The molecule has 0 spiro atoms. The third-order valence-electron chi connectivity index (χ3n) is 2.84. The third-order valence-corrected chi connectivity index (χ3v) is 2.84. The summed E-state index contributed by atoms with van der Waals surface area (Å²) in [5.41, 5.74) is 2.21. The lowest BCUT2D eigenvalue weighted by molar-refractivity contribution is -0.138. The zero-order valence-electron chi connectivity index (χ0n) is 10.1. The van der Waals surface area contributed by atoms with Crippen LogP contribution in [0.5, 0.6) is 0 Å². The van der Waals surface area contributed by atoms with E-state index in [1.54, 1.807) is 19.1 Å². The molecule has 18 heavy (non-hydrogen) atoms. The quantitative estimate of drug-likeness (QED) is 0.819. The highest BCUT2D eigenvalue weighted by molar-refractivity contribution is 5.90. The molecule has 0 aliphatic carbocycles. The lowest BCUT2D eigenvalue weighted by atomic mass is 10.00. The fraction of sp³-hybridized carbons (Fsp3) is 0.286. The highest BCUT2D eigenvalue weighted by atomic mass is 16.5. The largest absolute Gasteiger partial charge is 0.463 e. The molecule has 1 N–H and O–H groups in total. The van der Waals surface area contributed by atoms with Gasteiger partial charge in [-0.3, -0.25) is 0 Å². The minimum Gasteiger partial charge on any atom is -0.463 e. The molecule has 0 aromatic heterocycles. The van der Waals surface area contributed by atoms with Crippen molar-refractivity contribution in [3.05, 3.63) is 47.0 Å². The summed E-state index contributed by atoms with van der Waals surface area (Å²) in [6.07, 6.45) is 1.85. The monoisotopic (exact) mass is 242 g/mol. The van der Waals surface area contributed by atoms with Gasteiger partial charge in [0, 0.05) is 6.54 Å². The zero-order valence-corrected chi connectivity index (χ0v) is 10.1. The van der Waals surface area contributed by atoms with Crippen LogP contribution in [0.25, 0.3) is 0 Å². The first kappa shape index (κ1) is 12.3. The van der Waals surface area contributed by atoms with Crippen LogP contribution in [-0.4, -0.2) is 19.1 Å². The van der Waals surface area contributed by atoms with Gasteiger partial charge in [-0.05, 0) is 24.6 Å². The van der Waals surface area contributed by atoms with Gasteiger partial charge in [0.1, 0.15) is 0 Å². The average Bonchev–Trinajstić information content (AvgIpc) is 2.88. The summed E-state index contributed by atoms with van der Waals surface area (Å²) in [6, 6.07) is 9.14. The van der Waals surface area contributed by atoms with Gasteiger partial charge in [0.05, 0.1) is 29.9 Å². The van der Waals surface area contributed by atoms with E-state index >= 15 is 0 Å². The number of ether oxygens (including phenoxy) is 1. The van der Waals surface area contributed by atoms with Gasteiger partial charge in [-0.15, -0.1) is 0 Å². The van der Waals surface area contributed by atoms with Gasteiger partial charge in [-0.25, -0.2) is 4.79 Å². The first-order chi connectivity index (χ1) is 8.76. The summed E-state index contributed by atoms with van der Waals surface area (Å²) in [6.45, 7) is 2.81. The van der Waals surface area contributed by atoms with Gasteiger partial charge in [-0.1, -0.05) is 18.2 Å². The molecule has 2 rings (SSSR count). The van der Waals surface area contributed by atoms with Gasteiger partial charge < -0.3 is 10.1 Å². The number of nitrogens with one attached hydrogen (secondary N) is 1. The highest BCUT2D eigenvalue weighted by Gasteiger charge is 2.26. The van der Waals surface area contributed by atoms with E-state index in [1.165, 1.54) is 0 Å². The highest BCUT2D eigenvalue weighted by Crippen LogP contribution is 2.26. The maximum atomic E-state index is 11.8. The van der Waals surface area contributed by atoms with Crippen molar-refractivity contribution < 1.29 is 9.53 Å². The van der Waals surface area contributed by atoms with Crippen LogP contribution in [0, 0.1) is 11.3 Å². The molecule has 4 heteroatoms. The van der Waals surface area contributed by atoms with Gasteiger partial charge in [0.25, 0.3) is 0 Å². The van der Waals surface area contributed by atoms with E-state index in [0.29, 0.717) is 24.3 Å². The lowest BCUT2D eigenvalue weighted by Crippen LogP contribution is -2.21. The fourth-order valence-electron chi connectivity index (χ4n) is 1.98. The molecule has 1 heterocycles. The van der Waals surface area contributed by atoms with E-state index in [9.17, 15) is 4.79 Å². The summed E-state index contributed by atoms with van der Waals surface area (Å²) in [5.74, 6) is -0.281. The third kappa shape index (κ3) is 2.41. The van der Waals surface area contributed by atoms with Crippen molar-refractivity contribution in [2.45, 2.75) is 13.0 Å². The molecule has 0 bridgehead atoms. The summed E-state index contributed by atoms with van der Waals surface area (Å²) >= 11 is 0. The number of carbonyl (C=O) groups is 1. The first-order valence-electron chi connectivity index (χ1n) is 5.87. The molecule has 1 unspecified atom stereocenters. The van der Waals surface area contributed by atoms with E-state index in [1.807, 2.05) is 18.2 Å². The van der Waals surface area contributed by atoms with Gasteiger partial charge >= 0.3 is 5.97 Å². The van der Waals surface area contributed by atoms with Crippen molar-refractivity contribution in [3.8, 4) is 6.07 Å². The van der Waals surface area contributed by atoms with Crippen LogP contribution >= 0.6 is 0 Å². The molecule has 1 aliphatic heterocycles. The number of esters is 1. The maximum Gasteiger partial charge on any atom is 0.335 e. The van der Waals surface area contributed by atoms with Crippen LogP contribution in [0.15, 0.2) is 35.9 Å². The molecule has 0 fully saturated rings. The molecule has 1 aromatic rings. The minimum absolute atomic E-state index is 0.142. The number of hydrogen-bond acceptors (Lipinski definition) is 4. The Labute approximate surface area is 106 Å². The van der Waals surface area contributed by atoms with Gasteiger partial charge in [0.2, 0.25) is 0 Å². The predicted octanol–water partition coefficient (Wildman–Crippen LogP) is 1.69. The summed E-state index contributed by atoms with van der Waals surface area (Å²) in [5, 5.41) is 12.0. The van der Waals surface area contributed by atoms with Crippen LogP contribution in [-0.2, 0) is 9.53 Å². The van der Waals surface area contributed by atoms with Crippen LogP contribution in [0.3, 0.4) is 0 Å². The molecule has 1 aromatic carbocycles. The topological polar surface area (TPSA) is 62.1 Å². The van der Waals surface area contributed by atoms with E-state index in [-0.39, 0.29) is 12.0 Å². The standard InChI is InChI=1S/C14H14N2O2/c1-2-18-14(17)12-7-8-16-13(12)11-5-3-10(9-15)4-6-11/h3-7,13,16H,2,8H2,1H3. The fourth-order valence-corrected chi connectivity index (χ4v) is 1.98. The molecule has 92 valence electrons. The van der Waals surface area contributed by atoms with E-state index in [2.05, 4.69) is 11.4 Å². The smallest absolute Gasteiger partial charge is 0.335 e. The van der Waals surface area contributed by atoms with Crippen molar-refractivity contribution >= 4 is 5.97 Å². The second-order valence-electron chi connectivity index (χ2n) is 3.96. The minimum atomic E-state index is -0.281. The number of hydrogen-bond donors (Lipinski definition) is 1. The number of nitriles is 1. The maximum absolute atomic E-state index is 11.8. The van der Waals surface area contributed by atoms with Crippen molar-refractivity contribution in [1.82, 2.24) is 5.32 Å². The normalized spacial score (nSPS) is 18.0.